The van der Waals surface area contributed by atoms with Crippen LogP contribution in [0.4, 0.5) is 35.1 Å². The lowest BCUT2D eigenvalue weighted by Crippen LogP contribution is -2.42. The molecule has 0 aliphatic carbocycles. The van der Waals surface area contributed by atoms with Crippen molar-refractivity contribution in [3.8, 4) is 0 Å². The van der Waals surface area contributed by atoms with Gasteiger partial charge in [-0.1, -0.05) is 80.6 Å². The summed E-state index contributed by atoms with van der Waals surface area (Å²) in [5, 5.41) is 8.54. The predicted octanol–water partition coefficient (Wildman–Crippen LogP) is 11.8. The molecule has 3 aliphatic rings. The Morgan fingerprint density at radius 2 is 1.12 bits per heavy atom. The summed E-state index contributed by atoms with van der Waals surface area (Å²) in [4.78, 5) is 64.2. The van der Waals surface area contributed by atoms with Crippen molar-refractivity contribution >= 4 is 103 Å². The zero-order valence-electron chi connectivity index (χ0n) is 34.4. The number of alkyl halides is 6. The summed E-state index contributed by atoms with van der Waals surface area (Å²) in [5.74, 6) is -3.43. The highest BCUT2D eigenvalue weighted by Gasteiger charge is 2.64. The van der Waals surface area contributed by atoms with Gasteiger partial charge in [-0.2, -0.15) is 26.3 Å². The standard InChI is InChI=1S/C22H14BrCl2F4N3O4.C21H14Cl2F4N2O3/c1-10-4-11(2-3-13(10)20(34)32(9-33)18-7-17(23)31-35-18)16-8-21(36-30-16,22(27,28)29)12-5-14(24)19(26)15(25)6-12;1-3-29(10-30)19(31)14-5-4-12(6-11(14)2)17-9-20(32-28-17,21(25,26)27)13-7-15(22)18(24)16(23)8-13/h2-6,9,18H,7-8H2,1H3;3-8,10H,1,9H2,2H3/t18?,21-;20-/m00/s1. The number of benzene rings is 4. The van der Waals surface area contributed by atoms with E-state index in [1.165, 1.54) is 36.4 Å². The topological polar surface area (TPSA) is 140 Å². The Bertz CT molecular complexity index is 2800. The van der Waals surface area contributed by atoms with Crippen molar-refractivity contribution in [3.05, 3.63) is 150 Å². The molecule has 4 aromatic rings. The molecule has 25 heteroatoms. The molecule has 12 nitrogen and oxygen atoms in total. The van der Waals surface area contributed by atoms with E-state index in [0.29, 0.717) is 22.2 Å². The van der Waals surface area contributed by atoms with Crippen LogP contribution in [-0.2, 0) is 35.3 Å². The number of nitrogens with zero attached hydrogens (tertiary/aromatic N) is 5. The van der Waals surface area contributed by atoms with Gasteiger partial charge in [0.1, 0.15) is 4.62 Å². The molecule has 68 heavy (non-hydrogen) atoms. The SMILES string of the molecule is C=CN(C=O)C(=O)c1ccc(C2=NO[C@@](c3cc(Cl)c(F)c(Cl)c3)(C(F)(F)F)C2)cc1C.Cc1cc(C2=NO[C@@](c3cc(Cl)c(F)c(Cl)c3)(C(F)(F)F)C2)ccc1C(=O)N(C=O)C1CC(Br)=NO1. The number of hydrogen-bond acceptors (Lipinski definition) is 10. The maximum atomic E-state index is 14.2. The van der Waals surface area contributed by atoms with E-state index in [-0.39, 0.29) is 46.5 Å². The number of oxime groups is 3. The van der Waals surface area contributed by atoms with Gasteiger partial charge in [0, 0.05) is 41.3 Å². The zero-order chi connectivity index (χ0) is 50.3. The van der Waals surface area contributed by atoms with Crippen LogP contribution in [0.2, 0.25) is 20.1 Å². The van der Waals surface area contributed by atoms with Crippen molar-refractivity contribution in [2.45, 2.75) is 62.9 Å². The smallest absolute Gasteiger partial charge is 0.374 e. The third-order valence-electron chi connectivity index (χ3n) is 10.7. The lowest BCUT2D eigenvalue weighted by molar-refractivity contribution is -0.276. The van der Waals surface area contributed by atoms with Crippen molar-refractivity contribution in [1.82, 2.24) is 9.80 Å². The van der Waals surface area contributed by atoms with Gasteiger partial charge < -0.3 is 14.5 Å². The number of amides is 4. The lowest BCUT2D eigenvalue weighted by atomic mass is 9.86. The maximum absolute atomic E-state index is 14.2. The molecule has 0 spiro atoms. The van der Waals surface area contributed by atoms with Gasteiger partial charge in [-0.25, -0.2) is 13.7 Å². The number of hydrogen-bond donors (Lipinski definition) is 0. The second-order valence-electron chi connectivity index (χ2n) is 14.9. The van der Waals surface area contributed by atoms with Gasteiger partial charge in [-0.05, 0) is 101 Å². The van der Waals surface area contributed by atoms with Crippen LogP contribution >= 0.6 is 62.3 Å². The molecule has 0 saturated carbocycles. The van der Waals surface area contributed by atoms with Crippen LogP contribution in [0.5, 0.6) is 0 Å². The second-order valence-corrected chi connectivity index (χ2v) is 17.4. The molecule has 3 atom stereocenters. The van der Waals surface area contributed by atoms with E-state index < -0.39 is 97.3 Å². The molecule has 0 aromatic heterocycles. The first-order valence-corrected chi connectivity index (χ1v) is 21.4. The molecule has 1 unspecified atom stereocenters. The number of halogens is 13. The van der Waals surface area contributed by atoms with Crippen LogP contribution in [0.15, 0.2) is 88.9 Å². The maximum Gasteiger partial charge on any atom is 0.435 e. The minimum Gasteiger partial charge on any atom is -0.374 e. The van der Waals surface area contributed by atoms with Crippen LogP contribution in [0.25, 0.3) is 0 Å². The lowest BCUT2D eigenvalue weighted by Gasteiger charge is -2.29. The average molecular weight is 1100 g/mol. The highest BCUT2D eigenvalue weighted by Crippen LogP contribution is 2.51. The fraction of sp³-hybridized carbons (Fsp3) is 0.233. The van der Waals surface area contributed by atoms with E-state index in [0.717, 1.165) is 40.3 Å². The van der Waals surface area contributed by atoms with Crippen molar-refractivity contribution in [3.63, 3.8) is 0 Å². The van der Waals surface area contributed by atoms with Crippen LogP contribution in [0.3, 0.4) is 0 Å². The number of rotatable bonds is 10. The highest BCUT2D eigenvalue weighted by molar-refractivity contribution is 9.18. The minimum atomic E-state index is -4.96. The molecule has 3 aliphatic heterocycles. The van der Waals surface area contributed by atoms with Crippen LogP contribution in [0.1, 0.15) is 73.4 Å². The molecule has 4 amide bonds. The van der Waals surface area contributed by atoms with E-state index in [1.807, 2.05) is 0 Å². The fourth-order valence-electron chi connectivity index (χ4n) is 7.05. The van der Waals surface area contributed by atoms with E-state index in [9.17, 15) is 54.3 Å². The van der Waals surface area contributed by atoms with Gasteiger partial charge >= 0.3 is 12.4 Å². The van der Waals surface area contributed by atoms with Crippen molar-refractivity contribution < 1.29 is 68.8 Å². The molecular weight excluding hydrogens is 1070 g/mol. The monoisotopic (exact) mass is 1100 g/mol. The van der Waals surface area contributed by atoms with Crippen LogP contribution < -0.4 is 0 Å². The van der Waals surface area contributed by atoms with Gasteiger partial charge in [-0.3, -0.25) is 24.1 Å². The van der Waals surface area contributed by atoms with E-state index >= 15 is 0 Å². The Balaban J connectivity index is 0.000000226. The number of carbonyl (C=O) groups excluding carboxylic acids is 4. The normalized spacial score (nSPS) is 19.8. The molecule has 358 valence electrons. The Kier molecular flexibility index (Phi) is 15.1. The largest absolute Gasteiger partial charge is 0.435 e. The molecule has 4 aromatic carbocycles. The highest BCUT2D eigenvalue weighted by atomic mass is 79.9. The van der Waals surface area contributed by atoms with E-state index in [2.05, 4.69) is 38.0 Å². The van der Waals surface area contributed by atoms with Crippen LogP contribution in [-0.4, -0.2) is 69.1 Å². The molecule has 7 rings (SSSR count). The zero-order valence-corrected chi connectivity index (χ0v) is 39.0. The molecule has 0 radical (unpaired) electrons. The number of imide groups is 2. The summed E-state index contributed by atoms with van der Waals surface area (Å²) in [5.41, 5.74) is -5.49. The molecular formula is C43H28BrCl4F8N5O7. The minimum absolute atomic E-state index is 0.0584. The Hall–Kier alpha value is -5.61. The molecule has 0 saturated heterocycles. The van der Waals surface area contributed by atoms with Crippen molar-refractivity contribution in [1.29, 1.82) is 0 Å². The molecule has 0 N–H and O–H groups in total. The Labute approximate surface area is 407 Å². The summed E-state index contributed by atoms with van der Waals surface area (Å²) in [6.45, 7) is 6.46. The van der Waals surface area contributed by atoms with Gasteiger partial charge in [-0.15, -0.1) is 0 Å². The molecule has 0 bridgehead atoms. The summed E-state index contributed by atoms with van der Waals surface area (Å²) in [6, 6.07) is 11.5. The third kappa shape index (κ3) is 9.81. The number of carbonyl (C=O) groups is 4. The summed E-state index contributed by atoms with van der Waals surface area (Å²) in [6.07, 6.45) is -10.5. The summed E-state index contributed by atoms with van der Waals surface area (Å²) < 4.78 is 113. The van der Waals surface area contributed by atoms with Crippen LogP contribution in [0, 0.1) is 25.5 Å². The van der Waals surface area contributed by atoms with Gasteiger partial charge in [0.05, 0.1) is 37.9 Å². The van der Waals surface area contributed by atoms with E-state index in [4.69, 9.17) is 60.9 Å². The Morgan fingerprint density at radius 3 is 1.44 bits per heavy atom. The summed E-state index contributed by atoms with van der Waals surface area (Å²) >= 11 is 26.0. The fourth-order valence-corrected chi connectivity index (χ4v) is 8.38. The first-order chi connectivity index (χ1) is 31.8. The van der Waals surface area contributed by atoms with Gasteiger partial charge in [0.2, 0.25) is 19.0 Å². The number of aryl methyl sites for hydroxylation is 2. The van der Waals surface area contributed by atoms with E-state index in [1.54, 1.807) is 13.8 Å². The van der Waals surface area contributed by atoms with Crippen molar-refractivity contribution in [2.24, 2.45) is 15.5 Å². The second kappa shape index (κ2) is 19.8. The predicted molar refractivity (Wildman–Crippen MR) is 236 cm³/mol. The first kappa shape index (κ1) is 51.8. The third-order valence-corrected chi connectivity index (χ3v) is 12.2. The Morgan fingerprint density at radius 1 is 0.706 bits per heavy atom. The van der Waals surface area contributed by atoms with Gasteiger partial charge in [0.15, 0.2) is 11.6 Å². The first-order valence-electron chi connectivity index (χ1n) is 19.0. The quantitative estimate of drug-likeness (QED) is 0.0875. The molecule has 3 heterocycles. The van der Waals surface area contributed by atoms with Crippen molar-refractivity contribution in [2.75, 3.05) is 0 Å². The average Bonchev–Trinajstić information content (AvgIpc) is 4.05. The molecule has 0 fully saturated rings. The summed E-state index contributed by atoms with van der Waals surface area (Å²) in [7, 11) is 0. The van der Waals surface area contributed by atoms with Gasteiger partial charge in [0.25, 0.3) is 23.0 Å².